The molecule has 0 aliphatic rings. The van der Waals surface area contributed by atoms with Gasteiger partial charge in [-0.2, -0.15) is 0 Å². The van der Waals surface area contributed by atoms with Crippen LogP contribution in [0.5, 0.6) is 11.5 Å². The standard InChI is InChI=1S/C16H17Br2NO/c1-9-6-13(7-10(2)16(9)18)20-15-5-4-12(11(3)19)8-14(15)17/h4-8,11H,19H2,1-3H3/t11-/m1/s1. The van der Waals surface area contributed by atoms with Crippen molar-refractivity contribution in [1.82, 2.24) is 0 Å². The van der Waals surface area contributed by atoms with Crippen LogP contribution in [-0.2, 0) is 0 Å². The van der Waals surface area contributed by atoms with E-state index >= 15 is 0 Å². The fourth-order valence-electron chi connectivity index (χ4n) is 1.98. The van der Waals surface area contributed by atoms with Crippen molar-refractivity contribution in [2.24, 2.45) is 5.73 Å². The molecule has 0 unspecified atom stereocenters. The molecule has 0 saturated heterocycles. The first-order valence-corrected chi connectivity index (χ1v) is 7.96. The van der Waals surface area contributed by atoms with Crippen LogP contribution in [0, 0.1) is 13.8 Å². The van der Waals surface area contributed by atoms with Gasteiger partial charge in [-0.15, -0.1) is 0 Å². The maximum atomic E-state index is 5.95. The number of hydrogen-bond acceptors (Lipinski definition) is 2. The van der Waals surface area contributed by atoms with Gasteiger partial charge in [0.15, 0.2) is 0 Å². The number of benzene rings is 2. The number of nitrogens with two attached hydrogens (primary N) is 1. The quantitative estimate of drug-likeness (QED) is 0.725. The van der Waals surface area contributed by atoms with Crippen molar-refractivity contribution in [3.8, 4) is 11.5 Å². The summed E-state index contributed by atoms with van der Waals surface area (Å²) in [4.78, 5) is 0. The van der Waals surface area contributed by atoms with Crippen LogP contribution in [0.2, 0.25) is 0 Å². The molecule has 0 fully saturated rings. The van der Waals surface area contributed by atoms with Crippen molar-refractivity contribution in [3.63, 3.8) is 0 Å². The molecule has 0 spiro atoms. The van der Waals surface area contributed by atoms with E-state index in [2.05, 4.69) is 45.7 Å². The summed E-state index contributed by atoms with van der Waals surface area (Å²) in [6, 6.07) is 9.97. The molecule has 20 heavy (non-hydrogen) atoms. The minimum Gasteiger partial charge on any atom is -0.456 e. The van der Waals surface area contributed by atoms with Crippen LogP contribution in [0.4, 0.5) is 0 Å². The predicted octanol–water partition coefficient (Wildman–Crippen LogP) is 5.64. The van der Waals surface area contributed by atoms with Gasteiger partial charge in [0.1, 0.15) is 11.5 Å². The van der Waals surface area contributed by atoms with Crippen LogP contribution >= 0.6 is 31.9 Å². The minimum absolute atomic E-state index is 0.0116. The lowest BCUT2D eigenvalue weighted by atomic mass is 10.1. The lowest BCUT2D eigenvalue weighted by Gasteiger charge is -2.13. The van der Waals surface area contributed by atoms with Crippen molar-refractivity contribution in [2.45, 2.75) is 26.8 Å². The average Bonchev–Trinajstić information content (AvgIpc) is 2.38. The number of halogens is 2. The van der Waals surface area contributed by atoms with E-state index in [4.69, 9.17) is 10.5 Å². The summed E-state index contributed by atoms with van der Waals surface area (Å²) in [5, 5.41) is 0. The topological polar surface area (TPSA) is 35.2 Å². The van der Waals surface area contributed by atoms with E-state index in [0.29, 0.717) is 0 Å². The summed E-state index contributed by atoms with van der Waals surface area (Å²) in [5.74, 6) is 1.62. The molecule has 0 aromatic heterocycles. The molecule has 0 radical (unpaired) electrons. The van der Waals surface area contributed by atoms with Crippen molar-refractivity contribution in [3.05, 3.63) is 56.0 Å². The fourth-order valence-corrected chi connectivity index (χ4v) is 2.68. The zero-order valence-corrected chi connectivity index (χ0v) is 14.9. The van der Waals surface area contributed by atoms with Crippen molar-refractivity contribution >= 4 is 31.9 Å². The first-order chi connectivity index (χ1) is 9.38. The lowest BCUT2D eigenvalue weighted by molar-refractivity contribution is 0.478. The van der Waals surface area contributed by atoms with Crippen molar-refractivity contribution in [1.29, 1.82) is 0 Å². The summed E-state index contributed by atoms with van der Waals surface area (Å²) in [6.45, 7) is 6.07. The van der Waals surface area contributed by atoms with Gasteiger partial charge in [-0.1, -0.05) is 22.0 Å². The van der Waals surface area contributed by atoms with E-state index in [1.54, 1.807) is 0 Å². The Morgan fingerprint density at radius 3 is 2.15 bits per heavy atom. The maximum Gasteiger partial charge on any atom is 0.141 e. The molecular formula is C16H17Br2NO. The zero-order chi connectivity index (χ0) is 14.9. The largest absolute Gasteiger partial charge is 0.456 e. The van der Waals surface area contributed by atoms with Gasteiger partial charge in [-0.05, 0) is 77.7 Å². The molecule has 0 aliphatic carbocycles. The third kappa shape index (κ3) is 3.43. The van der Waals surface area contributed by atoms with Crippen LogP contribution in [-0.4, -0.2) is 0 Å². The van der Waals surface area contributed by atoms with Crippen LogP contribution in [0.15, 0.2) is 39.3 Å². The number of rotatable bonds is 3. The fraction of sp³-hybridized carbons (Fsp3) is 0.250. The molecule has 2 rings (SSSR count). The van der Waals surface area contributed by atoms with E-state index in [9.17, 15) is 0 Å². The van der Waals surface area contributed by atoms with Gasteiger partial charge in [-0.3, -0.25) is 0 Å². The summed E-state index contributed by atoms with van der Waals surface area (Å²) in [6.07, 6.45) is 0. The second-order valence-electron chi connectivity index (χ2n) is 4.95. The van der Waals surface area contributed by atoms with E-state index in [-0.39, 0.29) is 6.04 Å². The Kier molecular flexibility index (Phi) is 4.89. The highest BCUT2D eigenvalue weighted by molar-refractivity contribution is 9.10. The highest BCUT2D eigenvalue weighted by Crippen LogP contribution is 2.34. The molecule has 0 aliphatic heterocycles. The van der Waals surface area contributed by atoms with E-state index < -0.39 is 0 Å². The highest BCUT2D eigenvalue weighted by atomic mass is 79.9. The van der Waals surface area contributed by atoms with Gasteiger partial charge in [0.2, 0.25) is 0 Å². The molecule has 0 saturated carbocycles. The lowest BCUT2D eigenvalue weighted by Crippen LogP contribution is -2.04. The molecule has 2 nitrogen and oxygen atoms in total. The van der Waals surface area contributed by atoms with Crippen LogP contribution in [0.3, 0.4) is 0 Å². The summed E-state index contributed by atoms with van der Waals surface area (Å²) < 4.78 is 7.98. The highest BCUT2D eigenvalue weighted by Gasteiger charge is 2.08. The summed E-state index contributed by atoms with van der Waals surface area (Å²) >= 11 is 7.09. The van der Waals surface area contributed by atoms with Gasteiger partial charge in [0.05, 0.1) is 4.47 Å². The minimum atomic E-state index is 0.0116. The van der Waals surface area contributed by atoms with Crippen molar-refractivity contribution < 1.29 is 4.74 Å². The Balaban J connectivity index is 2.31. The van der Waals surface area contributed by atoms with Gasteiger partial charge in [-0.25, -0.2) is 0 Å². The van der Waals surface area contributed by atoms with Crippen LogP contribution in [0.25, 0.3) is 0 Å². The SMILES string of the molecule is Cc1cc(Oc2ccc([C@@H](C)N)cc2Br)cc(C)c1Br. The Bertz CT molecular complexity index is 615. The zero-order valence-electron chi connectivity index (χ0n) is 11.7. The molecule has 106 valence electrons. The summed E-state index contributed by atoms with van der Waals surface area (Å²) in [7, 11) is 0. The first kappa shape index (κ1) is 15.5. The molecular weight excluding hydrogens is 382 g/mol. The molecule has 2 aromatic rings. The number of ether oxygens (including phenoxy) is 1. The normalized spacial score (nSPS) is 12.3. The monoisotopic (exact) mass is 397 g/mol. The second-order valence-corrected chi connectivity index (χ2v) is 6.60. The van der Waals surface area contributed by atoms with Gasteiger partial charge in [0.25, 0.3) is 0 Å². The second kappa shape index (κ2) is 6.29. The van der Waals surface area contributed by atoms with Crippen LogP contribution in [0.1, 0.15) is 29.7 Å². The van der Waals surface area contributed by atoms with Gasteiger partial charge < -0.3 is 10.5 Å². The van der Waals surface area contributed by atoms with Crippen LogP contribution < -0.4 is 10.5 Å². The molecule has 1 atom stereocenters. The average molecular weight is 399 g/mol. The molecule has 0 bridgehead atoms. The van der Waals surface area contributed by atoms with Gasteiger partial charge in [0, 0.05) is 10.5 Å². The first-order valence-electron chi connectivity index (χ1n) is 6.38. The van der Waals surface area contributed by atoms with Crippen molar-refractivity contribution in [2.75, 3.05) is 0 Å². The van der Waals surface area contributed by atoms with Gasteiger partial charge >= 0.3 is 0 Å². The smallest absolute Gasteiger partial charge is 0.141 e. The molecule has 2 N–H and O–H groups in total. The molecule has 2 aromatic carbocycles. The number of aryl methyl sites for hydroxylation is 2. The van der Waals surface area contributed by atoms with E-state index in [0.717, 1.165) is 37.1 Å². The Morgan fingerprint density at radius 2 is 1.65 bits per heavy atom. The van der Waals surface area contributed by atoms with E-state index in [1.807, 2.05) is 37.3 Å². The Morgan fingerprint density at radius 1 is 1.05 bits per heavy atom. The maximum absolute atomic E-state index is 5.95. The molecule has 0 amide bonds. The third-order valence-electron chi connectivity index (χ3n) is 3.12. The Labute approximate surface area is 136 Å². The van der Waals surface area contributed by atoms with E-state index in [1.165, 1.54) is 0 Å². The molecule has 0 heterocycles. The number of hydrogen-bond donors (Lipinski definition) is 1. The molecule has 4 heteroatoms. The Hall–Kier alpha value is -0.840. The predicted molar refractivity (Wildman–Crippen MR) is 90.4 cm³/mol. The summed E-state index contributed by atoms with van der Waals surface area (Å²) in [5.41, 5.74) is 9.26. The third-order valence-corrected chi connectivity index (χ3v) is 4.99.